The van der Waals surface area contributed by atoms with E-state index in [1.165, 1.54) is 0 Å². The largest absolute Gasteiger partial charge is 0.493 e. The van der Waals surface area contributed by atoms with E-state index in [-0.39, 0.29) is 0 Å². The molecule has 3 rings (SSSR count). The molecular formula is C19H19N3O3. The second-order valence-electron chi connectivity index (χ2n) is 5.34. The van der Waals surface area contributed by atoms with Crippen LogP contribution in [0.1, 0.15) is 12.5 Å². The fourth-order valence-electron chi connectivity index (χ4n) is 2.37. The summed E-state index contributed by atoms with van der Waals surface area (Å²) in [6.45, 7) is 4.39. The number of nitrogens with one attached hydrogen (secondary N) is 1. The SMILES string of the molecule is CCOc1cc(OC(=O)Nc2ccnn2-c2ccccc2)ccc1C. The topological polar surface area (TPSA) is 65.4 Å². The summed E-state index contributed by atoms with van der Waals surface area (Å²) in [5, 5.41) is 6.93. The highest BCUT2D eigenvalue weighted by Gasteiger charge is 2.11. The summed E-state index contributed by atoms with van der Waals surface area (Å²) in [5.74, 6) is 1.63. The molecule has 25 heavy (non-hydrogen) atoms. The second kappa shape index (κ2) is 7.53. The third kappa shape index (κ3) is 3.98. The fourth-order valence-corrected chi connectivity index (χ4v) is 2.37. The van der Waals surface area contributed by atoms with Crippen LogP contribution in [0.5, 0.6) is 11.5 Å². The zero-order valence-electron chi connectivity index (χ0n) is 14.1. The zero-order valence-corrected chi connectivity index (χ0v) is 14.1. The molecule has 0 bridgehead atoms. The van der Waals surface area contributed by atoms with Gasteiger partial charge in [0.05, 0.1) is 18.5 Å². The number of aryl methyl sites for hydroxylation is 1. The van der Waals surface area contributed by atoms with Gasteiger partial charge in [-0.2, -0.15) is 5.10 Å². The van der Waals surface area contributed by atoms with Gasteiger partial charge in [-0.1, -0.05) is 24.3 Å². The van der Waals surface area contributed by atoms with Gasteiger partial charge in [0.15, 0.2) is 0 Å². The number of para-hydroxylation sites is 1. The third-order valence-electron chi connectivity index (χ3n) is 3.54. The van der Waals surface area contributed by atoms with Crippen LogP contribution in [0.2, 0.25) is 0 Å². The van der Waals surface area contributed by atoms with Crippen molar-refractivity contribution in [1.29, 1.82) is 0 Å². The van der Waals surface area contributed by atoms with Crippen molar-refractivity contribution in [1.82, 2.24) is 9.78 Å². The molecule has 0 atom stereocenters. The standard InChI is InChI=1S/C19H19N3O3/c1-3-24-17-13-16(10-9-14(17)2)25-19(23)21-18-11-12-20-22(18)15-7-5-4-6-8-15/h4-13H,3H2,1-2H3,(H,21,23). The van der Waals surface area contributed by atoms with E-state index in [1.54, 1.807) is 29.1 Å². The first-order chi connectivity index (χ1) is 12.2. The summed E-state index contributed by atoms with van der Waals surface area (Å²) in [6.07, 6.45) is 1.02. The van der Waals surface area contributed by atoms with Crippen LogP contribution in [0.4, 0.5) is 10.6 Å². The van der Waals surface area contributed by atoms with E-state index < -0.39 is 6.09 Å². The number of hydrogen-bond acceptors (Lipinski definition) is 4. The van der Waals surface area contributed by atoms with Gasteiger partial charge in [-0.15, -0.1) is 0 Å². The fraction of sp³-hybridized carbons (Fsp3) is 0.158. The number of amides is 1. The van der Waals surface area contributed by atoms with E-state index in [2.05, 4.69) is 10.4 Å². The Kier molecular flexibility index (Phi) is 4.99. The Balaban J connectivity index is 1.72. The predicted molar refractivity (Wildman–Crippen MR) is 95.6 cm³/mol. The highest BCUT2D eigenvalue weighted by Crippen LogP contribution is 2.24. The van der Waals surface area contributed by atoms with Crippen molar-refractivity contribution in [3.8, 4) is 17.2 Å². The first-order valence-corrected chi connectivity index (χ1v) is 7.99. The molecular weight excluding hydrogens is 318 g/mol. The molecule has 0 aliphatic heterocycles. The summed E-state index contributed by atoms with van der Waals surface area (Å²) in [5.41, 5.74) is 1.83. The van der Waals surface area contributed by atoms with E-state index in [0.29, 0.717) is 23.9 Å². The number of carbonyl (C=O) groups is 1. The molecule has 1 N–H and O–H groups in total. The van der Waals surface area contributed by atoms with Crippen LogP contribution < -0.4 is 14.8 Å². The molecule has 0 radical (unpaired) electrons. The van der Waals surface area contributed by atoms with Crippen LogP contribution in [0.25, 0.3) is 5.69 Å². The molecule has 0 fully saturated rings. The summed E-state index contributed by atoms with van der Waals surface area (Å²) in [4.78, 5) is 12.2. The van der Waals surface area contributed by atoms with Crippen molar-refractivity contribution in [3.63, 3.8) is 0 Å². The summed E-state index contributed by atoms with van der Waals surface area (Å²) < 4.78 is 12.5. The number of nitrogens with zero attached hydrogens (tertiary/aromatic N) is 2. The summed E-state index contributed by atoms with van der Waals surface area (Å²) in [7, 11) is 0. The van der Waals surface area contributed by atoms with Crippen LogP contribution in [0.3, 0.4) is 0 Å². The van der Waals surface area contributed by atoms with Crippen LogP contribution in [-0.2, 0) is 0 Å². The molecule has 0 aliphatic carbocycles. The molecule has 0 spiro atoms. The Morgan fingerprint density at radius 3 is 2.72 bits per heavy atom. The molecule has 0 aliphatic rings. The van der Waals surface area contributed by atoms with E-state index in [4.69, 9.17) is 9.47 Å². The van der Waals surface area contributed by atoms with E-state index >= 15 is 0 Å². The highest BCUT2D eigenvalue weighted by molar-refractivity contribution is 5.85. The number of aromatic nitrogens is 2. The monoisotopic (exact) mass is 337 g/mol. The Morgan fingerprint density at radius 1 is 1.16 bits per heavy atom. The van der Waals surface area contributed by atoms with Gasteiger partial charge in [0.25, 0.3) is 0 Å². The first kappa shape index (κ1) is 16.6. The molecule has 128 valence electrons. The number of rotatable bonds is 5. The average Bonchev–Trinajstić information content (AvgIpc) is 3.07. The number of carbonyl (C=O) groups excluding carboxylic acids is 1. The summed E-state index contributed by atoms with van der Waals surface area (Å²) >= 11 is 0. The van der Waals surface area contributed by atoms with Crippen LogP contribution in [0, 0.1) is 6.92 Å². The summed E-state index contributed by atoms with van der Waals surface area (Å²) in [6, 6.07) is 16.5. The molecule has 1 heterocycles. The zero-order chi connectivity index (χ0) is 17.6. The Bertz CT molecular complexity index is 859. The van der Waals surface area contributed by atoms with Crippen LogP contribution >= 0.6 is 0 Å². The number of ether oxygens (including phenoxy) is 2. The van der Waals surface area contributed by atoms with Crippen molar-refractivity contribution < 1.29 is 14.3 Å². The van der Waals surface area contributed by atoms with Crippen molar-refractivity contribution in [2.75, 3.05) is 11.9 Å². The average molecular weight is 337 g/mol. The van der Waals surface area contributed by atoms with E-state index in [0.717, 1.165) is 11.3 Å². The molecule has 1 amide bonds. The lowest BCUT2D eigenvalue weighted by Gasteiger charge is -2.11. The van der Waals surface area contributed by atoms with Gasteiger partial charge in [-0.05, 0) is 37.6 Å². The maximum absolute atomic E-state index is 12.2. The molecule has 0 saturated carbocycles. The van der Waals surface area contributed by atoms with Crippen LogP contribution in [0.15, 0.2) is 60.8 Å². The van der Waals surface area contributed by atoms with Crippen molar-refractivity contribution in [2.24, 2.45) is 0 Å². The Hall–Kier alpha value is -3.28. The van der Waals surface area contributed by atoms with Crippen LogP contribution in [-0.4, -0.2) is 22.5 Å². The molecule has 3 aromatic rings. The maximum atomic E-state index is 12.2. The minimum absolute atomic E-state index is 0.414. The van der Waals surface area contributed by atoms with Gasteiger partial charge in [-0.3, -0.25) is 5.32 Å². The molecule has 6 heteroatoms. The number of anilines is 1. The quantitative estimate of drug-likeness (QED) is 0.758. The molecule has 1 aromatic heterocycles. The Morgan fingerprint density at radius 2 is 1.96 bits per heavy atom. The smallest absolute Gasteiger partial charge is 0.418 e. The van der Waals surface area contributed by atoms with E-state index in [1.807, 2.05) is 50.2 Å². The normalized spacial score (nSPS) is 10.3. The van der Waals surface area contributed by atoms with Gasteiger partial charge in [0, 0.05) is 12.1 Å². The Labute approximate surface area is 146 Å². The van der Waals surface area contributed by atoms with Crippen molar-refractivity contribution in [2.45, 2.75) is 13.8 Å². The van der Waals surface area contributed by atoms with Gasteiger partial charge in [0.2, 0.25) is 0 Å². The lowest BCUT2D eigenvalue weighted by Crippen LogP contribution is -2.19. The second-order valence-corrected chi connectivity index (χ2v) is 5.34. The highest BCUT2D eigenvalue weighted by atomic mass is 16.6. The molecule has 0 unspecified atom stereocenters. The number of hydrogen-bond donors (Lipinski definition) is 1. The van der Waals surface area contributed by atoms with Gasteiger partial charge in [0.1, 0.15) is 17.3 Å². The first-order valence-electron chi connectivity index (χ1n) is 7.99. The lowest BCUT2D eigenvalue weighted by atomic mass is 10.2. The van der Waals surface area contributed by atoms with Gasteiger partial charge >= 0.3 is 6.09 Å². The lowest BCUT2D eigenvalue weighted by molar-refractivity contribution is 0.214. The molecule has 2 aromatic carbocycles. The van der Waals surface area contributed by atoms with Crippen molar-refractivity contribution in [3.05, 3.63) is 66.4 Å². The van der Waals surface area contributed by atoms with Gasteiger partial charge < -0.3 is 9.47 Å². The minimum Gasteiger partial charge on any atom is -0.493 e. The number of benzene rings is 2. The predicted octanol–water partition coefficient (Wildman–Crippen LogP) is 4.19. The molecule has 6 nitrogen and oxygen atoms in total. The van der Waals surface area contributed by atoms with Crippen molar-refractivity contribution >= 4 is 11.9 Å². The minimum atomic E-state index is -0.594. The maximum Gasteiger partial charge on any atom is 0.418 e. The van der Waals surface area contributed by atoms with E-state index in [9.17, 15) is 4.79 Å². The third-order valence-corrected chi connectivity index (χ3v) is 3.54. The van der Waals surface area contributed by atoms with Gasteiger partial charge in [-0.25, -0.2) is 9.48 Å². The molecule has 0 saturated heterocycles.